The molecule has 1 fully saturated rings. The summed E-state index contributed by atoms with van der Waals surface area (Å²) in [5, 5.41) is 11.9. The molecule has 0 radical (unpaired) electrons. The third-order valence-corrected chi connectivity index (χ3v) is 7.72. The van der Waals surface area contributed by atoms with Crippen molar-refractivity contribution in [1.82, 2.24) is 5.32 Å². The van der Waals surface area contributed by atoms with E-state index in [0.29, 0.717) is 12.1 Å². The molecule has 0 aromatic heterocycles. The molecule has 1 aliphatic heterocycles. The van der Waals surface area contributed by atoms with Gasteiger partial charge < -0.3 is 5.11 Å². The van der Waals surface area contributed by atoms with Gasteiger partial charge in [-0.25, -0.2) is 4.79 Å². The molecule has 30 heavy (non-hydrogen) atoms. The van der Waals surface area contributed by atoms with Gasteiger partial charge in [0.05, 0.1) is 5.25 Å². The Morgan fingerprint density at radius 2 is 1.60 bits per heavy atom. The van der Waals surface area contributed by atoms with Crippen molar-refractivity contribution in [3.63, 3.8) is 0 Å². The maximum absolute atomic E-state index is 13.1. The first-order valence-electron chi connectivity index (χ1n) is 9.36. The van der Waals surface area contributed by atoms with Crippen LogP contribution in [0.3, 0.4) is 0 Å². The second-order valence-corrected chi connectivity index (χ2v) is 9.60. The van der Waals surface area contributed by atoms with E-state index in [-0.39, 0.29) is 48.1 Å². The van der Waals surface area contributed by atoms with E-state index in [1.807, 2.05) is 36.4 Å². The van der Waals surface area contributed by atoms with E-state index < -0.39 is 28.5 Å². The molecule has 2 aromatic rings. The quantitative estimate of drug-likeness (QED) is 0.475. The Kier molecular flexibility index (Phi) is 9.46. The number of ketones is 1. The Morgan fingerprint density at radius 3 is 2.13 bits per heavy atom. The average Bonchev–Trinajstić information content (AvgIpc) is 3.07. The van der Waals surface area contributed by atoms with Crippen molar-refractivity contribution in [3.8, 4) is 0 Å². The summed E-state index contributed by atoms with van der Waals surface area (Å²) in [4.78, 5) is 39.3. The monoisotopic (exact) mass is 471 g/mol. The summed E-state index contributed by atoms with van der Waals surface area (Å²) >= 11 is 2.44. The molecule has 1 aliphatic rings. The van der Waals surface area contributed by atoms with Gasteiger partial charge in [-0.15, -0.1) is 11.8 Å². The van der Waals surface area contributed by atoms with E-state index >= 15 is 0 Å². The van der Waals surface area contributed by atoms with Crippen LogP contribution in [0.2, 0.25) is 0 Å². The normalized spacial score (nSPS) is 23.0. The number of carbonyl (C=O) groups excluding carboxylic acids is 2. The van der Waals surface area contributed by atoms with Gasteiger partial charge in [0.15, 0.2) is 11.3 Å². The second kappa shape index (κ2) is 11.2. The molecular formula is C22H25CaNO4S2. The fourth-order valence-corrected chi connectivity index (χ4v) is 6.15. The first-order valence-corrected chi connectivity index (χ1v) is 11.1. The van der Waals surface area contributed by atoms with Gasteiger partial charge >= 0.3 is 43.7 Å². The summed E-state index contributed by atoms with van der Waals surface area (Å²) in [6.07, 6.45) is 0. The number of nitrogens with one attached hydrogen (secondary N) is 1. The van der Waals surface area contributed by atoms with Crippen molar-refractivity contribution in [2.24, 2.45) is 5.92 Å². The van der Waals surface area contributed by atoms with E-state index in [4.69, 9.17) is 0 Å². The number of hydrogen-bond donors (Lipinski definition) is 2. The molecule has 0 aliphatic carbocycles. The van der Waals surface area contributed by atoms with Crippen LogP contribution in [0.15, 0.2) is 65.6 Å². The molecule has 0 spiro atoms. The Morgan fingerprint density at radius 1 is 1.03 bits per heavy atom. The Bertz CT molecular complexity index is 895. The predicted octanol–water partition coefficient (Wildman–Crippen LogP) is 2.83. The van der Waals surface area contributed by atoms with Crippen LogP contribution in [0.1, 0.15) is 24.2 Å². The summed E-state index contributed by atoms with van der Waals surface area (Å²) in [7, 11) is 0. The summed E-state index contributed by atoms with van der Waals surface area (Å²) < 4.78 is 0. The van der Waals surface area contributed by atoms with Crippen molar-refractivity contribution in [2.45, 2.75) is 34.8 Å². The third kappa shape index (κ3) is 5.31. The average molecular weight is 472 g/mol. The fourth-order valence-electron chi connectivity index (χ4n) is 3.43. The number of thioether (sulfide) groups is 2. The zero-order valence-corrected chi connectivity index (χ0v) is 17.8. The van der Waals surface area contributed by atoms with Gasteiger partial charge in [-0.2, -0.15) is 0 Å². The number of benzene rings is 2. The van der Waals surface area contributed by atoms with E-state index in [2.05, 4.69) is 5.32 Å². The molecule has 2 aromatic carbocycles. The van der Waals surface area contributed by atoms with Gasteiger partial charge in [0.2, 0.25) is 5.12 Å². The maximum atomic E-state index is 13.1. The molecular weight excluding hydrogens is 446 g/mol. The first kappa shape index (κ1) is 25.4. The molecule has 0 bridgehead atoms. The molecule has 5 nitrogen and oxygen atoms in total. The van der Waals surface area contributed by atoms with Gasteiger partial charge in [0.1, 0.15) is 0 Å². The number of carbonyl (C=O) groups is 3. The van der Waals surface area contributed by atoms with Gasteiger partial charge in [-0.1, -0.05) is 74.1 Å². The molecule has 8 heteroatoms. The zero-order valence-electron chi connectivity index (χ0n) is 16.2. The first-order chi connectivity index (χ1) is 13.9. The van der Waals surface area contributed by atoms with Crippen molar-refractivity contribution >= 4 is 78.1 Å². The summed E-state index contributed by atoms with van der Waals surface area (Å²) in [5.41, 5.74) is -1.31. The minimum absolute atomic E-state index is 0. The van der Waals surface area contributed by atoms with Crippen molar-refractivity contribution in [1.29, 1.82) is 0 Å². The SMILES string of the molecule is CC(C)C(=O)[C@]1(C(=O)O)NC[C@H](Sc2ccccc2)C1SC(=O)c1ccccc1.[CaH2]. The number of rotatable bonds is 7. The standard InChI is InChI=1S/C22H23NO4S2.Ca.2H/c1-14(2)18(24)22(21(26)27)19(29-20(25)15-9-5-3-6-10-15)17(13-23-22)28-16-11-7-4-8-12-16;;;/h3-12,14,17,19,23H,13H2,1-2H3,(H,26,27);;;/t17-,19?,22-;;;/m0.../s1. The third-order valence-electron chi connectivity index (χ3n) is 4.87. The molecule has 156 valence electrons. The molecule has 1 unspecified atom stereocenters. The fraction of sp³-hybridized carbons (Fsp3) is 0.318. The van der Waals surface area contributed by atoms with Gasteiger partial charge in [0, 0.05) is 28.2 Å². The van der Waals surface area contributed by atoms with Crippen molar-refractivity contribution in [2.75, 3.05) is 6.54 Å². The predicted molar refractivity (Wildman–Crippen MR) is 125 cm³/mol. The Hall–Kier alpha value is -0.830. The zero-order chi connectivity index (χ0) is 21.0. The molecule has 3 atom stereocenters. The topological polar surface area (TPSA) is 83.5 Å². The number of Topliss-reactive ketones (excluding diaryl/α,β-unsaturated/α-hetero) is 1. The summed E-state index contributed by atoms with van der Waals surface area (Å²) in [6.45, 7) is 3.70. The van der Waals surface area contributed by atoms with Crippen LogP contribution in [0, 0.1) is 5.92 Å². The molecule has 0 amide bonds. The molecule has 3 rings (SSSR count). The van der Waals surface area contributed by atoms with E-state index in [1.54, 1.807) is 38.1 Å². The van der Waals surface area contributed by atoms with Crippen LogP contribution < -0.4 is 5.32 Å². The molecule has 2 N–H and O–H groups in total. The summed E-state index contributed by atoms with van der Waals surface area (Å²) in [5.74, 6) is -2.11. The second-order valence-electron chi connectivity index (χ2n) is 7.17. The van der Waals surface area contributed by atoms with Crippen molar-refractivity contribution in [3.05, 3.63) is 66.2 Å². The van der Waals surface area contributed by atoms with Gasteiger partial charge in [-0.05, 0) is 12.1 Å². The minimum atomic E-state index is -1.80. The summed E-state index contributed by atoms with van der Waals surface area (Å²) in [6, 6.07) is 18.3. The number of carboxylic acid groups (broad SMARTS) is 1. The van der Waals surface area contributed by atoms with Crippen LogP contribution in [-0.4, -0.2) is 82.3 Å². The number of carboxylic acids is 1. The van der Waals surface area contributed by atoms with Crippen LogP contribution in [0.5, 0.6) is 0 Å². The van der Waals surface area contributed by atoms with E-state index in [1.165, 1.54) is 11.8 Å². The van der Waals surface area contributed by atoms with Gasteiger partial charge in [-0.3, -0.25) is 14.9 Å². The van der Waals surface area contributed by atoms with Crippen LogP contribution in [0.25, 0.3) is 0 Å². The number of hydrogen-bond acceptors (Lipinski definition) is 6. The van der Waals surface area contributed by atoms with Crippen molar-refractivity contribution < 1.29 is 19.5 Å². The van der Waals surface area contributed by atoms with Crippen LogP contribution in [-0.2, 0) is 9.59 Å². The van der Waals surface area contributed by atoms with E-state index in [9.17, 15) is 19.5 Å². The van der Waals surface area contributed by atoms with Crippen LogP contribution >= 0.6 is 23.5 Å². The number of aliphatic carboxylic acids is 1. The molecule has 0 saturated carbocycles. The van der Waals surface area contributed by atoms with Gasteiger partial charge in [0.25, 0.3) is 0 Å². The van der Waals surface area contributed by atoms with Crippen LogP contribution in [0.4, 0.5) is 0 Å². The Balaban J connectivity index is 0.00000320. The Labute approximate surface area is 214 Å². The molecule has 1 saturated heterocycles. The molecule has 1 heterocycles. The van der Waals surface area contributed by atoms with E-state index in [0.717, 1.165) is 16.7 Å².